The van der Waals surface area contributed by atoms with Crippen molar-refractivity contribution < 1.29 is 14.3 Å². The summed E-state index contributed by atoms with van der Waals surface area (Å²) in [7, 11) is 3.48. The van der Waals surface area contributed by atoms with E-state index in [0.29, 0.717) is 31.8 Å². The summed E-state index contributed by atoms with van der Waals surface area (Å²) in [5.41, 5.74) is 3.12. The highest BCUT2D eigenvalue weighted by molar-refractivity contribution is 5.95. The number of rotatable bonds is 3. The molecule has 29 heavy (non-hydrogen) atoms. The first-order valence-electron chi connectivity index (χ1n) is 9.65. The van der Waals surface area contributed by atoms with Crippen molar-refractivity contribution in [3.63, 3.8) is 0 Å². The molecule has 2 aliphatic rings. The number of aryl methyl sites for hydroxylation is 1. The van der Waals surface area contributed by atoms with Gasteiger partial charge in [-0.1, -0.05) is 18.2 Å². The minimum Gasteiger partial charge on any atom is -0.367 e. The number of hydrogen-bond donors (Lipinski definition) is 1. The second kappa shape index (κ2) is 7.44. The lowest BCUT2D eigenvalue weighted by Gasteiger charge is -2.25. The molecule has 0 saturated carbocycles. The zero-order chi connectivity index (χ0) is 20.6. The Morgan fingerprint density at radius 2 is 2.07 bits per heavy atom. The van der Waals surface area contributed by atoms with Crippen LogP contribution in [0.25, 0.3) is 0 Å². The zero-order valence-corrected chi connectivity index (χ0v) is 16.9. The second-order valence-corrected chi connectivity index (χ2v) is 7.93. The van der Waals surface area contributed by atoms with E-state index in [4.69, 9.17) is 4.74 Å². The number of aromatic nitrogens is 2. The highest BCUT2D eigenvalue weighted by Gasteiger charge is 2.51. The summed E-state index contributed by atoms with van der Waals surface area (Å²) in [4.78, 5) is 37.1. The number of nitrogens with one attached hydrogen (secondary N) is 1. The lowest BCUT2D eigenvalue weighted by Crippen LogP contribution is -2.43. The topological polar surface area (TPSA) is 87.7 Å². The fourth-order valence-corrected chi connectivity index (χ4v) is 4.04. The van der Waals surface area contributed by atoms with Crippen LogP contribution < -0.4 is 10.2 Å². The number of urea groups is 1. The minimum atomic E-state index is -0.559. The van der Waals surface area contributed by atoms with Crippen LogP contribution in [-0.2, 0) is 21.5 Å². The van der Waals surface area contributed by atoms with E-state index in [1.807, 2.05) is 31.2 Å². The van der Waals surface area contributed by atoms with Crippen molar-refractivity contribution in [2.75, 3.05) is 32.1 Å². The van der Waals surface area contributed by atoms with Crippen molar-refractivity contribution in [2.45, 2.75) is 31.4 Å². The number of benzene rings is 1. The number of carbonyl (C=O) groups excluding carboxylic acids is 2. The van der Waals surface area contributed by atoms with E-state index < -0.39 is 6.10 Å². The first-order chi connectivity index (χ1) is 13.9. The molecule has 0 bridgehead atoms. The molecule has 0 unspecified atom stereocenters. The number of fused-ring (bicyclic) bond motifs is 2. The largest absolute Gasteiger partial charge is 0.367 e. The summed E-state index contributed by atoms with van der Waals surface area (Å²) in [6.45, 7) is 3.09. The molecular formula is C21H25N5O3. The van der Waals surface area contributed by atoms with Crippen molar-refractivity contribution in [1.82, 2.24) is 20.2 Å². The van der Waals surface area contributed by atoms with Gasteiger partial charge in [-0.15, -0.1) is 0 Å². The molecule has 3 heterocycles. The Hall–Kier alpha value is -3.00. The number of ether oxygens (including phenoxy) is 1. The van der Waals surface area contributed by atoms with Gasteiger partial charge >= 0.3 is 6.03 Å². The third-order valence-corrected chi connectivity index (χ3v) is 5.55. The Balaban J connectivity index is 1.47. The molecule has 1 aromatic heterocycles. The van der Waals surface area contributed by atoms with Crippen molar-refractivity contribution in [3.8, 4) is 0 Å². The van der Waals surface area contributed by atoms with Gasteiger partial charge in [-0.3, -0.25) is 19.7 Å². The second-order valence-electron chi connectivity index (χ2n) is 7.93. The van der Waals surface area contributed by atoms with Crippen LogP contribution in [0.2, 0.25) is 0 Å². The number of amides is 3. The predicted octanol–water partition coefficient (Wildman–Crippen LogP) is 1.63. The van der Waals surface area contributed by atoms with Crippen molar-refractivity contribution in [3.05, 3.63) is 53.6 Å². The van der Waals surface area contributed by atoms with Crippen LogP contribution in [0.4, 0.5) is 10.5 Å². The van der Waals surface area contributed by atoms with Crippen LogP contribution in [0.15, 0.2) is 36.7 Å². The maximum atomic E-state index is 12.7. The maximum Gasteiger partial charge on any atom is 0.323 e. The van der Waals surface area contributed by atoms with E-state index in [0.717, 1.165) is 16.9 Å². The third kappa shape index (κ3) is 3.55. The zero-order valence-electron chi connectivity index (χ0n) is 16.9. The Morgan fingerprint density at radius 1 is 1.28 bits per heavy atom. The van der Waals surface area contributed by atoms with E-state index in [2.05, 4.69) is 15.3 Å². The van der Waals surface area contributed by atoms with Crippen LogP contribution >= 0.6 is 0 Å². The van der Waals surface area contributed by atoms with Crippen LogP contribution in [0, 0.1) is 6.92 Å². The standard InChI is InChI=1S/C21H25N5O3/c1-14-9-23-15(10-22-14)11-24-19(27)18-8-21(13-29-18)12-26(20(28)25(2)3)17-7-5-4-6-16(17)21/h4-7,9-10,18H,8,11-13H2,1-3H3,(H,24,27)/t18-,21-/m1/s1. The van der Waals surface area contributed by atoms with Crippen LogP contribution in [-0.4, -0.2) is 60.2 Å². The summed E-state index contributed by atoms with van der Waals surface area (Å²) in [5, 5.41) is 2.89. The van der Waals surface area contributed by atoms with Gasteiger partial charge in [-0.05, 0) is 25.0 Å². The molecule has 0 radical (unpaired) electrons. The highest BCUT2D eigenvalue weighted by atomic mass is 16.5. The molecule has 1 fully saturated rings. The maximum absolute atomic E-state index is 12.7. The Bertz CT molecular complexity index is 930. The first kappa shape index (κ1) is 19.3. The molecule has 1 spiro atoms. The lowest BCUT2D eigenvalue weighted by molar-refractivity contribution is -0.130. The van der Waals surface area contributed by atoms with Crippen molar-refractivity contribution >= 4 is 17.6 Å². The summed E-state index contributed by atoms with van der Waals surface area (Å²) < 4.78 is 5.91. The van der Waals surface area contributed by atoms with Gasteiger partial charge in [-0.2, -0.15) is 0 Å². The first-order valence-corrected chi connectivity index (χ1v) is 9.65. The van der Waals surface area contributed by atoms with Gasteiger partial charge in [0.1, 0.15) is 6.10 Å². The quantitative estimate of drug-likeness (QED) is 0.854. The molecule has 3 amide bonds. The van der Waals surface area contributed by atoms with Gasteiger partial charge in [0, 0.05) is 37.9 Å². The SMILES string of the molecule is Cc1cnc(CNC(=O)[C@H]2C[C@]3(CO2)CN(C(=O)N(C)C)c2ccccc23)cn1. The number of carbonyl (C=O) groups is 2. The van der Waals surface area contributed by atoms with Crippen molar-refractivity contribution in [2.24, 2.45) is 0 Å². The Morgan fingerprint density at radius 3 is 2.79 bits per heavy atom. The van der Waals surface area contributed by atoms with Gasteiger partial charge in [0.15, 0.2) is 0 Å². The molecule has 2 aromatic rings. The molecular weight excluding hydrogens is 370 g/mol. The molecule has 8 heteroatoms. The number of para-hydroxylation sites is 1. The molecule has 2 atom stereocenters. The van der Waals surface area contributed by atoms with Crippen LogP contribution in [0.3, 0.4) is 0 Å². The number of nitrogens with zero attached hydrogens (tertiary/aromatic N) is 4. The molecule has 8 nitrogen and oxygen atoms in total. The smallest absolute Gasteiger partial charge is 0.323 e. The lowest BCUT2D eigenvalue weighted by atomic mass is 9.80. The molecule has 152 valence electrons. The third-order valence-electron chi connectivity index (χ3n) is 5.55. The van der Waals surface area contributed by atoms with Gasteiger partial charge in [0.25, 0.3) is 0 Å². The fourth-order valence-electron chi connectivity index (χ4n) is 4.04. The molecule has 2 aliphatic heterocycles. The van der Waals surface area contributed by atoms with E-state index in [1.54, 1.807) is 36.3 Å². The molecule has 1 N–H and O–H groups in total. The number of anilines is 1. The van der Waals surface area contributed by atoms with Gasteiger partial charge in [-0.25, -0.2) is 4.79 Å². The van der Waals surface area contributed by atoms with Gasteiger partial charge in [0.05, 0.1) is 30.7 Å². The summed E-state index contributed by atoms with van der Waals surface area (Å²) >= 11 is 0. The van der Waals surface area contributed by atoms with E-state index in [-0.39, 0.29) is 17.4 Å². The summed E-state index contributed by atoms with van der Waals surface area (Å²) in [5.74, 6) is -0.167. The van der Waals surface area contributed by atoms with Crippen molar-refractivity contribution in [1.29, 1.82) is 0 Å². The van der Waals surface area contributed by atoms with Crippen LogP contribution in [0.5, 0.6) is 0 Å². The predicted molar refractivity (Wildman–Crippen MR) is 108 cm³/mol. The summed E-state index contributed by atoms with van der Waals surface area (Å²) in [6.07, 6.45) is 3.31. The minimum absolute atomic E-state index is 0.0693. The van der Waals surface area contributed by atoms with E-state index >= 15 is 0 Å². The molecule has 1 saturated heterocycles. The molecule has 0 aliphatic carbocycles. The monoisotopic (exact) mass is 395 g/mol. The highest BCUT2D eigenvalue weighted by Crippen LogP contribution is 2.47. The number of hydrogen-bond acceptors (Lipinski definition) is 5. The average Bonchev–Trinajstić information content (AvgIpc) is 3.29. The Labute approximate surface area is 169 Å². The fraction of sp³-hybridized carbons (Fsp3) is 0.429. The van der Waals surface area contributed by atoms with Gasteiger partial charge < -0.3 is 15.0 Å². The van der Waals surface area contributed by atoms with E-state index in [1.165, 1.54) is 0 Å². The van der Waals surface area contributed by atoms with Crippen LogP contribution in [0.1, 0.15) is 23.4 Å². The average molecular weight is 395 g/mol. The van der Waals surface area contributed by atoms with E-state index in [9.17, 15) is 9.59 Å². The van der Waals surface area contributed by atoms with Gasteiger partial charge in [0.2, 0.25) is 5.91 Å². The molecule has 1 aromatic carbocycles. The molecule has 4 rings (SSSR count). The summed E-state index contributed by atoms with van der Waals surface area (Å²) in [6, 6.07) is 7.81. The normalized spacial score (nSPS) is 22.6. The Kier molecular flexibility index (Phi) is 4.96.